The Morgan fingerprint density at radius 1 is 1.42 bits per heavy atom. The average molecular weight is 362 g/mol. The Kier molecular flexibility index (Phi) is 4.74. The summed E-state index contributed by atoms with van der Waals surface area (Å²) in [7, 11) is 0. The van der Waals surface area contributed by atoms with E-state index in [9.17, 15) is 9.59 Å². The van der Waals surface area contributed by atoms with Gasteiger partial charge in [0.05, 0.1) is 5.69 Å². The normalized spacial score (nSPS) is 21.8. The lowest BCUT2D eigenvalue weighted by atomic mass is 9.90. The van der Waals surface area contributed by atoms with Gasteiger partial charge >= 0.3 is 5.97 Å². The Bertz CT molecular complexity index is 865. The molecule has 9 nitrogen and oxygen atoms in total. The van der Waals surface area contributed by atoms with Gasteiger partial charge < -0.3 is 10.5 Å². The smallest absolute Gasteiger partial charge is 0.324 e. The third-order valence-electron chi connectivity index (χ3n) is 4.45. The number of carbonyl (C=O) groups excluding carboxylic acids is 1. The number of ether oxygens (including phenoxy) is 1. The van der Waals surface area contributed by atoms with Crippen molar-refractivity contribution in [2.75, 3.05) is 12.3 Å². The van der Waals surface area contributed by atoms with Crippen molar-refractivity contribution in [1.82, 2.24) is 24.5 Å². The quantitative estimate of drug-likeness (QED) is 0.780. The number of hydrogen-bond donors (Lipinski definition) is 2. The van der Waals surface area contributed by atoms with E-state index in [1.54, 1.807) is 0 Å². The molecule has 0 aromatic carbocycles. The Labute approximate surface area is 151 Å². The summed E-state index contributed by atoms with van der Waals surface area (Å²) >= 11 is 0. The molecular weight excluding hydrogens is 336 g/mol. The zero-order valence-electron chi connectivity index (χ0n) is 15.7. The number of nitrogens with one attached hydrogen (secondary N) is 1. The molecule has 2 unspecified atom stereocenters. The van der Waals surface area contributed by atoms with Crippen LogP contribution in [0.15, 0.2) is 10.9 Å². The summed E-state index contributed by atoms with van der Waals surface area (Å²) in [6, 6.07) is 1.09. The summed E-state index contributed by atoms with van der Waals surface area (Å²) in [4.78, 5) is 35.4. The maximum Gasteiger partial charge on any atom is 0.324 e. The molecule has 9 heteroatoms. The number of nitrogens with two attached hydrogens (primary N) is 1. The number of carbonyl (C=O) groups is 1. The van der Waals surface area contributed by atoms with Crippen LogP contribution in [-0.2, 0) is 16.1 Å². The van der Waals surface area contributed by atoms with Gasteiger partial charge in [-0.3, -0.25) is 19.6 Å². The minimum atomic E-state index is -0.539. The average Bonchev–Trinajstić information content (AvgIpc) is 2.86. The van der Waals surface area contributed by atoms with Crippen LogP contribution in [0.1, 0.15) is 46.2 Å². The van der Waals surface area contributed by atoms with Crippen LogP contribution in [0.4, 0.5) is 5.95 Å². The highest BCUT2D eigenvalue weighted by atomic mass is 16.6. The summed E-state index contributed by atoms with van der Waals surface area (Å²) in [5.74, 6) is 0.296. The van der Waals surface area contributed by atoms with E-state index in [4.69, 9.17) is 10.5 Å². The SMILES string of the molecule is CC1CCCN(Cc2cc(=O)n3[nH]c(N)nc3n2)C1C(=O)OC(C)(C)C. The van der Waals surface area contributed by atoms with E-state index in [1.165, 1.54) is 10.6 Å². The van der Waals surface area contributed by atoms with Crippen LogP contribution in [0.25, 0.3) is 5.78 Å². The fourth-order valence-corrected chi connectivity index (χ4v) is 3.43. The van der Waals surface area contributed by atoms with Gasteiger partial charge in [-0.25, -0.2) is 4.98 Å². The Hall–Kier alpha value is -2.42. The molecule has 3 heterocycles. The topological polar surface area (TPSA) is 119 Å². The number of likely N-dealkylation sites (tertiary alicyclic amines) is 1. The molecule has 0 aliphatic carbocycles. The van der Waals surface area contributed by atoms with E-state index >= 15 is 0 Å². The van der Waals surface area contributed by atoms with Gasteiger partial charge in [0.15, 0.2) is 0 Å². The van der Waals surface area contributed by atoms with Crippen LogP contribution < -0.4 is 11.3 Å². The number of H-pyrrole nitrogens is 1. The summed E-state index contributed by atoms with van der Waals surface area (Å²) < 4.78 is 6.81. The van der Waals surface area contributed by atoms with Gasteiger partial charge in [-0.2, -0.15) is 9.50 Å². The van der Waals surface area contributed by atoms with Gasteiger partial charge in [-0.05, 0) is 46.1 Å². The Balaban J connectivity index is 1.86. The fraction of sp³-hybridized carbons (Fsp3) is 0.647. The van der Waals surface area contributed by atoms with Crippen LogP contribution in [0.2, 0.25) is 0 Å². The van der Waals surface area contributed by atoms with E-state index in [0.29, 0.717) is 12.2 Å². The molecule has 1 aliphatic heterocycles. The maximum atomic E-state index is 12.7. The Morgan fingerprint density at radius 3 is 2.85 bits per heavy atom. The van der Waals surface area contributed by atoms with E-state index in [1.807, 2.05) is 25.7 Å². The molecule has 0 amide bonds. The molecular formula is C17H26N6O3. The van der Waals surface area contributed by atoms with Gasteiger partial charge in [-0.15, -0.1) is 0 Å². The highest BCUT2D eigenvalue weighted by Gasteiger charge is 2.37. The lowest BCUT2D eigenvalue weighted by molar-refractivity contribution is -0.165. The highest BCUT2D eigenvalue weighted by Crippen LogP contribution is 2.27. The second kappa shape index (κ2) is 6.71. The van der Waals surface area contributed by atoms with Crippen LogP contribution >= 0.6 is 0 Å². The molecule has 142 valence electrons. The monoisotopic (exact) mass is 362 g/mol. The van der Waals surface area contributed by atoms with E-state index in [0.717, 1.165) is 19.4 Å². The predicted molar refractivity (Wildman–Crippen MR) is 96.5 cm³/mol. The standard InChI is InChI=1S/C17H26N6O3/c1-10-6-5-7-22(13(10)14(25)26-17(2,3)4)9-11-8-12(24)23-16(19-11)20-15(18)21-23/h8,10,13H,5-7,9H2,1-4H3,(H3,18,19,20,21). The van der Waals surface area contributed by atoms with Crippen LogP contribution in [0, 0.1) is 5.92 Å². The molecule has 3 rings (SSSR count). The zero-order valence-corrected chi connectivity index (χ0v) is 15.7. The minimum absolute atomic E-state index is 0.130. The van der Waals surface area contributed by atoms with Gasteiger partial charge in [-0.1, -0.05) is 6.92 Å². The summed E-state index contributed by atoms with van der Waals surface area (Å²) in [5, 5.41) is 2.64. The third kappa shape index (κ3) is 3.87. The lowest BCUT2D eigenvalue weighted by Crippen LogP contribution is -2.51. The van der Waals surface area contributed by atoms with Gasteiger partial charge in [0, 0.05) is 12.6 Å². The first-order chi connectivity index (χ1) is 12.1. The van der Waals surface area contributed by atoms with Gasteiger partial charge in [0.1, 0.15) is 11.6 Å². The molecule has 2 aromatic heterocycles. The third-order valence-corrected chi connectivity index (χ3v) is 4.45. The number of nitrogens with zero attached hydrogens (tertiary/aromatic N) is 4. The number of esters is 1. The zero-order chi connectivity index (χ0) is 19.1. The Morgan fingerprint density at radius 2 is 2.15 bits per heavy atom. The molecule has 26 heavy (non-hydrogen) atoms. The molecule has 0 bridgehead atoms. The molecule has 1 aliphatic rings. The van der Waals surface area contributed by atoms with Crippen LogP contribution in [0.5, 0.6) is 0 Å². The van der Waals surface area contributed by atoms with Crippen molar-refractivity contribution < 1.29 is 9.53 Å². The first kappa shape index (κ1) is 18.4. The van der Waals surface area contributed by atoms with Gasteiger partial charge in [0.25, 0.3) is 11.3 Å². The molecule has 1 fully saturated rings. The molecule has 0 spiro atoms. The largest absolute Gasteiger partial charge is 0.459 e. The number of aromatic nitrogens is 4. The minimum Gasteiger partial charge on any atom is -0.459 e. The first-order valence-electron chi connectivity index (χ1n) is 8.85. The van der Waals surface area contributed by atoms with Crippen molar-refractivity contribution in [1.29, 1.82) is 0 Å². The fourth-order valence-electron chi connectivity index (χ4n) is 3.43. The lowest BCUT2D eigenvalue weighted by Gasteiger charge is -2.39. The van der Waals surface area contributed by atoms with E-state index < -0.39 is 5.60 Å². The van der Waals surface area contributed by atoms with Crippen LogP contribution in [-0.4, -0.2) is 48.6 Å². The molecule has 1 saturated heterocycles. The van der Waals surface area contributed by atoms with E-state index in [-0.39, 0.29) is 35.2 Å². The van der Waals surface area contributed by atoms with Crippen molar-refractivity contribution in [2.45, 2.75) is 58.7 Å². The molecule has 3 N–H and O–H groups in total. The number of hydrogen-bond acceptors (Lipinski definition) is 7. The number of aromatic amines is 1. The highest BCUT2D eigenvalue weighted by molar-refractivity contribution is 5.76. The van der Waals surface area contributed by atoms with E-state index in [2.05, 4.69) is 22.0 Å². The van der Waals surface area contributed by atoms with Gasteiger partial charge in [0.2, 0.25) is 5.95 Å². The maximum absolute atomic E-state index is 12.7. The summed E-state index contributed by atoms with van der Waals surface area (Å²) in [6.45, 7) is 8.77. The second-order valence-electron chi connectivity index (χ2n) is 7.90. The molecule has 2 aromatic rings. The van der Waals surface area contributed by atoms with Crippen LogP contribution in [0.3, 0.4) is 0 Å². The predicted octanol–water partition coefficient (Wildman–Crippen LogP) is 0.942. The van der Waals surface area contributed by atoms with Crippen molar-refractivity contribution in [3.8, 4) is 0 Å². The number of fused-ring (bicyclic) bond motifs is 1. The second-order valence-corrected chi connectivity index (χ2v) is 7.90. The molecule has 0 radical (unpaired) electrons. The summed E-state index contributed by atoms with van der Waals surface area (Å²) in [5.41, 5.74) is 5.33. The number of nitrogen functional groups attached to an aromatic ring is 1. The number of rotatable bonds is 3. The molecule has 0 saturated carbocycles. The van der Waals surface area contributed by atoms with Crippen molar-refractivity contribution in [3.63, 3.8) is 0 Å². The van der Waals surface area contributed by atoms with Crippen molar-refractivity contribution in [2.24, 2.45) is 5.92 Å². The molecule has 2 atom stereocenters. The van der Waals surface area contributed by atoms with Crippen molar-refractivity contribution in [3.05, 3.63) is 22.1 Å². The number of piperidine rings is 1. The first-order valence-corrected chi connectivity index (χ1v) is 8.85. The summed E-state index contributed by atoms with van der Waals surface area (Å²) in [6.07, 6.45) is 1.95. The van der Waals surface area contributed by atoms with Crippen molar-refractivity contribution >= 4 is 17.7 Å². The number of anilines is 1.